The average molecular weight is 216 g/mol. The van der Waals surface area contributed by atoms with Gasteiger partial charge in [-0.25, -0.2) is 4.98 Å². The van der Waals surface area contributed by atoms with Crippen molar-refractivity contribution in [3.8, 4) is 5.88 Å². The van der Waals surface area contributed by atoms with Gasteiger partial charge in [0.2, 0.25) is 11.8 Å². The number of rotatable bonds is 5. The van der Waals surface area contributed by atoms with Crippen LogP contribution < -0.4 is 10.1 Å². The molecule has 1 aromatic heterocycles. The van der Waals surface area contributed by atoms with Crippen LogP contribution in [-0.2, 0) is 0 Å². The lowest BCUT2D eigenvalue weighted by Crippen LogP contribution is -2.08. The molecule has 0 saturated carbocycles. The van der Waals surface area contributed by atoms with Gasteiger partial charge in [0, 0.05) is 24.2 Å². The molecule has 0 aliphatic rings. The first-order valence-electron chi connectivity index (χ1n) is 4.54. The van der Waals surface area contributed by atoms with Crippen molar-refractivity contribution in [2.24, 2.45) is 0 Å². The molecule has 0 bridgehead atoms. The Morgan fingerprint density at radius 1 is 1.50 bits per heavy atom. The van der Waals surface area contributed by atoms with Crippen LogP contribution in [0.15, 0.2) is 6.07 Å². The van der Waals surface area contributed by atoms with E-state index in [0.717, 1.165) is 5.69 Å². The predicted octanol–water partition coefficient (Wildman–Crippen LogP) is 1.83. The van der Waals surface area contributed by atoms with E-state index in [2.05, 4.69) is 15.3 Å². The smallest absolute Gasteiger partial charge is 0.226 e. The summed E-state index contributed by atoms with van der Waals surface area (Å²) in [6.07, 6.45) is 0. The minimum Gasteiger partial charge on any atom is -0.478 e. The van der Waals surface area contributed by atoms with Crippen LogP contribution in [0.2, 0.25) is 0 Å². The number of anilines is 1. The van der Waals surface area contributed by atoms with Crippen LogP contribution in [-0.4, -0.2) is 29.0 Å². The maximum Gasteiger partial charge on any atom is 0.226 e. The molecule has 0 aliphatic heterocycles. The van der Waals surface area contributed by atoms with Crippen molar-refractivity contribution in [1.29, 1.82) is 0 Å². The molecule has 0 amide bonds. The summed E-state index contributed by atoms with van der Waals surface area (Å²) in [5, 5.41) is 3.00. The third-order valence-electron chi connectivity index (χ3n) is 1.50. The summed E-state index contributed by atoms with van der Waals surface area (Å²) < 4.78 is 5.28. The Labute approximate surface area is 88.7 Å². The van der Waals surface area contributed by atoms with E-state index in [1.54, 1.807) is 6.07 Å². The van der Waals surface area contributed by atoms with Gasteiger partial charge in [0.05, 0.1) is 6.61 Å². The van der Waals surface area contributed by atoms with E-state index in [0.29, 0.717) is 30.9 Å². The Kier molecular flexibility index (Phi) is 4.46. The van der Waals surface area contributed by atoms with Crippen molar-refractivity contribution in [1.82, 2.24) is 9.97 Å². The van der Waals surface area contributed by atoms with Gasteiger partial charge in [-0.3, -0.25) is 0 Å². The fourth-order valence-corrected chi connectivity index (χ4v) is 1.09. The van der Waals surface area contributed by atoms with Crippen molar-refractivity contribution < 1.29 is 4.74 Å². The normalized spacial score (nSPS) is 9.93. The zero-order valence-electron chi connectivity index (χ0n) is 8.38. The molecule has 0 unspecified atom stereocenters. The Morgan fingerprint density at radius 3 is 2.93 bits per heavy atom. The molecule has 1 heterocycles. The molecular formula is C9H14ClN3O. The number of aromatic nitrogens is 2. The Bertz CT molecular complexity index is 293. The first-order chi connectivity index (χ1) is 6.76. The summed E-state index contributed by atoms with van der Waals surface area (Å²) in [4.78, 5) is 8.35. The summed E-state index contributed by atoms with van der Waals surface area (Å²) in [5.74, 6) is 1.69. The van der Waals surface area contributed by atoms with E-state index in [9.17, 15) is 0 Å². The molecule has 0 aromatic carbocycles. The number of hydrogen-bond acceptors (Lipinski definition) is 4. The molecule has 78 valence electrons. The van der Waals surface area contributed by atoms with E-state index < -0.39 is 0 Å². The molecule has 1 N–H and O–H groups in total. The summed E-state index contributed by atoms with van der Waals surface area (Å²) in [7, 11) is 0. The first-order valence-corrected chi connectivity index (χ1v) is 5.08. The van der Waals surface area contributed by atoms with E-state index >= 15 is 0 Å². The molecule has 4 nitrogen and oxygen atoms in total. The van der Waals surface area contributed by atoms with E-state index in [4.69, 9.17) is 16.3 Å². The van der Waals surface area contributed by atoms with E-state index in [1.807, 2.05) is 13.8 Å². The molecular weight excluding hydrogens is 202 g/mol. The zero-order chi connectivity index (χ0) is 10.4. The second-order valence-electron chi connectivity index (χ2n) is 2.72. The summed E-state index contributed by atoms with van der Waals surface area (Å²) in [6, 6.07) is 1.80. The largest absolute Gasteiger partial charge is 0.478 e. The lowest BCUT2D eigenvalue weighted by Gasteiger charge is -2.06. The van der Waals surface area contributed by atoms with Gasteiger partial charge in [-0.05, 0) is 13.8 Å². The SMILES string of the molecule is CCOc1cc(C)nc(NCCCl)n1. The number of nitrogens with one attached hydrogen (secondary N) is 1. The van der Waals surface area contributed by atoms with Crippen LogP contribution in [0.5, 0.6) is 5.88 Å². The maximum absolute atomic E-state index is 5.54. The lowest BCUT2D eigenvalue weighted by molar-refractivity contribution is 0.326. The van der Waals surface area contributed by atoms with Crippen molar-refractivity contribution >= 4 is 17.5 Å². The third-order valence-corrected chi connectivity index (χ3v) is 1.69. The van der Waals surface area contributed by atoms with Crippen molar-refractivity contribution in [3.05, 3.63) is 11.8 Å². The highest BCUT2D eigenvalue weighted by Crippen LogP contribution is 2.11. The summed E-state index contributed by atoms with van der Waals surface area (Å²) in [6.45, 7) is 5.07. The van der Waals surface area contributed by atoms with Crippen LogP contribution in [0.4, 0.5) is 5.95 Å². The molecule has 0 fully saturated rings. The van der Waals surface area contributed by atoms with Gasteiger partial charge >= 0.3 is 0 Å². The maximum atomic E-state index is 5.54. The van der Waals surface area contributed by atoms with Crippen LogP contribution in [0.1, 0.15) is 12.6 Å². The molecule has 0 aliphatic carbocycles. The molecule has 0 radical (unpaired) electrons. The van der Waals surface area contributed by atoms with Crippen LogP contribution in [0.25, 0.3) is 0 Å². The third kappa shape index (κ3) is 3.38. The van der Waals surface area contributed by atoms with Crippen molar-refractivity contribution in [2.75, 3.05) is 24.3 Å². The highest BCUT2D eigenvalue weighted by molar-refractivity contribution is 6.18. The second-order valence-corrected chi connectivity index (χ2v) is 3.10. The van der Waals surface area contributed by atoms with E-state index in [1.165, 1.54) is 0 Å². The molecule has 0 saturated heterocycles. The monoisotopic (exact) mass is 215 g/mol. The fourth-order valence-electron chi connectivity index (χ4n) is 1.000. The number of nitrogens with zero attached hydrogens (tertiary/aromatic N) is 2. The van der Waals surface area contributed by atoms with Crippen molar-refractivity contribution in [3.63, 3.8) is 0 Å². The highest BCUT2D eigenvalue weighted by atomic mass is 35.5. The van der Waals surface area contributed by atoms with E-state index in [-0.39, 0.29) is 0 Å². The quantitative estimate of drug-likeness (QED) is 0.762. The number of hydrogen-bond donors (Lipinski definition) is 1. The van der Waals surface area contributed by atoms with Gasteiger partial charge in [-0.1, -0.05) is 0 Å². The van der Waals surface area contributed by atoms with Crippen molar-refractivity contribution in [2.45, 2.75) is 13.8 Å². The van der Waals surface area contributed by atoms with Gasteiger partial charge in [0.25, 0.3) is 0 Å². The number of aryl methyl sites for hydroxylation is 1. The average Bonchev–Trinajstić information content (AvgIpc) is 2.14. The molecule has 0 spiro atoms. The summed E-state index contributed by atoms with van der Waals surface area (Å²) >= 11 is 5.54. The number of halogens is 1. The van der Waals surface area contributed by atoms with Crippen LogP contribution in [0.3, 0.4) is 0 Å². The predicted molar refractivity (Wildman–Crippen MR) is 57.1 cm³/mol. The van der Waals surface area contributed by atoms with Gasteiger partial charge in [-0.2, -0.15) is 4.98 Å². The standard InChI is InChI=1S/C9H14ClN3O/c1-3-14-8-6-7(2)12-9(13-8)11-5-4-10/h6H,3-5H2,1-2H3,(H,11,12,13). The minimum absolute atomic E-state index is 0.529. The fraction of sp³-hybridized carbons (Fsp3) is 0.556. The molecule has 14 heavy (non-hydrogen) atoms. The Balaban J connectivity index is 2.73. The lowest BCUT2D eigenvalue weighted by atomic mass is 10.4. The molecule has 0 atom stereocenters. The van der Waals surface area contributed by atoms with Gasteiger partial charge < -0.3 is 10.1 Å². The zero-order valence-corrected chi connectivity index (χ0v) is 9.14. The molecule has 5 heteroatoms. The number of ether oxygens (including phenoxy) is 1. The van der Waals surface area contributed by atoms with Gasteiger partial charge in [0.15, 0.2) is 0 Å². The Morgan fingerprint density at radius 2 is 2.29 bits per heavy atom. The van der Waals surface area contributed by atoms with Crippen LogP contribution in [0, 0.1) is 6.92 Å². The summed E-state index contributed by atoms with van der Waals surface area (Å²) in [5.41, 5.74) is 0.875. The minimum atomic E-state index is 0.529. The van der Waals surface area contributed by atoms with Gasteiger partial charge in [0.1, 0.15) is 0 Å². The first kappa shape index (κ1) is 11.0. The Hall–Kier alpha value is -1.03. The topological polar surface area (TPSA) is 47.0 Å². The van der Waals surface area contributed by atoms with Gasteiger partial charge in [-0.15, -0.1) is 11.6 Å². The second kappa shape index (κ2) is 5.65. The molecule has 1 rings (SSSR count). The highest BCUT2D eigenvalue weighted by Gasteiger charge is 2.01. The van der Waals surface area contributed by atoms with Crippen LogP contribution >= 0.6 is 11.6 Å². The molecule has 1 aromatic rings. The number of alkyl halides is 1.